The molecule has 4 aromatic heterocycles. The number of nitrogens with zero attached hydrogens (tertiary/aromatic N) is 5. The van der Waals surface area contributed by atoms with Crippen molar-refractivity contribution in [1.29, 1.82) is 0 Å². The van der Waals surface area contributed by atoms with Gasteiger partial charge in [0.2, 0.25) is 5.82 Å². The Morgan fingerprint density at radius 1 is 1.11 bits per heavy atom. The Balaban J connectivity index is 1.83. The summed E-state index contributed by atoms with van der Waals surface area (Å²) in [5.74, 6) is 0.701. The molecule has 6 nitrogen and oxygen atoms in total. The van der Waals surface area contributed by atoms with Crippen molar-refractivity contribution in [3.63, 3.8) is 0 Å². The first-order chi connectivity index (χ1) is 13.3. The molecular formula is C17H9ClF2I2N6. The van der Waals surface area contributed by atoms with E-state index in [1.807, 2.05) is 12.1 Å². The van der Waals surface area contributed by atoms with Gasteiger partial charge in [-0.05, 0) is 52.9 Å². The Kier molecular flexibility index (Phi) is 5.35. The van der Waals surface area contributed by atoms with Gasteiger partial charge < -0.3 is 5.32 Å². The van der Waals surface area contributed by atoms with Crippen molar-refractivity contribution >= 4 is 73.8 Å². The Hall–Kier alpha value is -1.67. The van der Waals surface area contributed by atoms with Gasteiger partial charge in [-0.1, -0.05) is 17.7 Å². The third-order valence-electron chi connectivity index (χ3n) is 3.76. The van der Waals surface area contributed by atoms with Crippen LogP contribution < -0.4 is 5.32 Å². The fourth-order valence-electron chi connectivity index (χ4n) is 2.49. The standard InChI is InChI=1S/C17H9ClF2I2N6/c18-14-13(21)9(6-7-23-14)25-16-11-4-2-8-28(11)27-15(26-16)10-3-1-5-12(24-10)17(19,20)22/h1-8H,(H,23,25,26,27). The number of anilines is 2. The maximum Gasteiger partial charge on any atom is 0.337 e. The highest BCUT2D eigenvalue weighted by atomic mass is 127. The highest BCUT2D eigenvalue weighted by Crippen LogP contribution is 2.35. The van der Waals surface area contributed by atoms with Crippen LogP contribution in [0, 0.1) is 3.57 Å². The molecule has 0 aliphatic rings. The molecule has 0 aliphatic carbocycles. The zero-order chi connectivity index (χ0) is 19.9. The predicted molar refractivity (Wildman–Crippen MR) is 119 cm³/mol. The second-order valence-corrected chi connectivity index (χ2v) is 8.41. The minimum atomic E-state index is -3.09. The molecule has 0 bridgehead atoms. The van der Waals surface area contributed by atoms with E-state index in [2.05, 4.69) is 48.0 Å². The zero-order valence-corrected chi connectivity index (χ0v) is 18.8. The molecular weight excluding hydrogens is 615 g/mol. The third-order valence-corrected chi connectivity index (χ3v) is 6.01. The molecule has 0 unspecified atom stereocenters. The second kappa shape index (κ2) is 7.63. The fraction of sp³-hybridized carbons (Fsp3) is 0.0588. The first kappa shape index (κ1) is 19.6. The molecule has 11 heteroatoms. The van der Waals surface area contributed by atoms with Crippen LogP contribution in [0.3, 0.4) is 0 Å². The number of pyridine rings is 2. The predicted octanol–water partition coefficient (Wildman–Crippen LogP) is 5.67. The van der Waals surface area contributed by atoms with Gasteiger partial charge in [0.1, 0.15) is 22.1 Å². The minimum Gasteiger partial charge on any atom is -0.337 e. The lowest BCUT2D eigenvalue weighted by molar-refractivity contribution is 0.122. The molecule has 0 atom stereocenters. The topological polar surface area (TPSA) is 68.0 Å². The van der Waals surface area contributed by atoms with E-state index in [4.69, 9.17) is 11.6 Å². The molecule has 0 amide bonds. The average Bonchev–Trinajstić information content (AvgIpc) is 3.14. The van der Waals surface area contributed by atoms with Crippen molar-refractivity contribution in [3.05, 3.63) is 63.2 Å². The first-order valence-electron chi connectivity index (χ1n) is 7.80. The van der Waals surface area contributed by atoms with Crippen LogP contribution in [0.1, 0.15) is 5.69 Å². The summed E-state index contributed by atoms with van der Waals surface area (Å²) in [4.78, 5) is 12.6. The van der Waals surface area contributed by atoms with Gasteiger partial charge in [0.25, 0.3) is 0 Å². The van der Waals surface area contributed by atoms with E-state index in [1.165, 1.54) is 12.1 Å². The van der Waals surface area contributed by atoms with Gasteiger partial charge in [-0.25, -0.2) is 19.5 Å². The molecule has 0 saturated carbocycles. The highest BCUT2D eigenvalue weighted by molar-refractivity contribution is 14.1. The number of fused-ring (bicyclic) bond motifs is 1. The van der Waals surface area contributed by atoms with Gasteiger partial charge in [0.05, 0.1) is 9.26 Å². The number of aromatic nitrogens is 5. The molecule has 0 aromatic carbocycles. The quantitative estimate of drug-likeness (QED) is 0.180. The summed E-state index contributed by atoms with van der Waals surface area (Å²) in [7, 11) is 0. The van der Waals surface area contributed by atoms with Crippen molar-refractivity contribution in [1.82, 2.24) is 24.6 Å². The van der Waals surface area contributed by atoms with E-state index in [0.717, 1.165) is 26.2 Å². The zero-order valence-electron chi connectivity index (χ0n) is 13.7. The summed E-state index contributed by atoms with van der Waals surface area (Å²) in [5.41, 5.74) is 1.32. The molecule has 0 saturated heterocycles. The van der Waals surface area contributed by atoms with Crippen LogP contribution in [0.2, 0.25) is 5.15 Å². The molecule has 28 heavy (non-hydrogen) atoms. The Morgan fingerprint density at radius 3 is 2.71 bits per heavy atom. The number of nitrogens with one attached hydrogen (secondary N) is 1. The van der Waals surface area contributed by atoms with E-state index in [1.54, 1.807) is 29.0 Å². The Morgan fingerprint density at radius 2 is 1.93 bits per heavy atom. The monoisotopic (exact) mass is 624 g/mol. The van der Waals surface area contributed by atoms with E-state index >= 15 is 0 Å². The molecule has 0 aliphatic heterocycles. The molecule has 0 radical (unpaired) electrons. The Labute approximate surface area is 190 Å². The summed E-state index contributed by atoms with van der Waals surface area (Å²) in [5, 5.41) is 7.97. The van der Waals surface area contributed by atoms with Crippen molar-refractivity contribution in [3.8, 4) is 11.5 Å². The SMILES string of the molecule is FC(F)(I)c1cccc(-c2nc(Nc3ccnc(Cl)c3I)c3cccn3n2)n1. The molecule has 142 valence electrons. The number of hydrogen-bond donors (Lipinski definition) is 1. The number of hydrogen-bond acceptors (Lipinski definition) is 5. The molecule has 4 heterocycles. The molecule has 0 fully saturated rings. The summed E-state index contributed by atoms with van der Waals surface area (Å²) in [6.45, 7) is 0. The van der Waals surface area contributed by atoms with E-state index in [-0.39, 0.29) is 17.2 Å². The lowest BCUT2D eigenvalue weighted by Crippen LogP contribution is -2.08. The number of halogens is 5. The van der Waals surface area contributed by atoms with Crippen molar-refractivity contribution in [2.45, 2.75) is 3.93 Å². The van der Waals surface area contributed by atoms with Gasteiger partial charge in [-0.2, -0.15) is 8.78 Å². The van der Waals surface area contributed by atoms with Gasteiger partial charge in [-0.15, -0.1) is 5.10 Å². The van der Waals surface area contributed by atoms with Crippen molar-refractivity contribution in [2.24, 2.45) is 0 Å². The third kappa shape index (κ3) is 3.89. The van der Waals surface area contributed by atoms with E-state index in [0.29, 0.717) is 22.2 Å². The van der Waals surface area contributed by atoms with Gasteiger partial charge in [0, 0.05) is 35.0 Å². The van der Waals surface area contributed by atoms with E-state index in [9.17, 15) is 8.78 Å². The largest absolute Gasteiger partial charge is 0.337 e. The summed E-state index contributed by atoms with van der Waals surface area (Å²) < 4.78 is 26.6. The molecule has 4 aromatic rings. The van der Waals surface area contributed by atoms with Crippen LogP contribution in [-0.4, -0.2) is 24.6 Å². The van der Waals surface area contributed by atoms with Crippen LogP contribution in [-0.2, 0) is 3.93 Å². The van der Waals surface area contributed by atoms with Crippen LogP contribution in [0.25, 0.3) is 17.0 Å². The lowest BCUT2D eigenvalue weighted by Gasteiger charge is -2.12. The number of alkyl halides is 3. The maximum atomic E-state index is 13.6. The van der Waals surface area contributed by atoms with Gasteiger partial charge >= 0.3 is 3.93 Å². The van der Waals surface area contributed by atoms with Crippen LogP contribution in [0.4, 0.5) is 20.3 Å². The first-order valence-corrected chi connectivity index (χ1v) is 10.3. The molecule has 4 rings (SSSR count). The normalized spacial score (nSPS) is 11.8. The van der Waals surface area contributed by atoms with Crippen LogP contribution >= 0.6 is 56.8 Å². The fourth-order valence-corrected chi connectivity index (χ4v) is 3.41. The van der Waals surface area contributed by atoms with Crippen molar-refractivity contribution in [2.75, 3.05) is 5.32 Å². The summed E-state index contributed by atoms with van der Waals surface area (Å²) >= 11 is 9.22. The summed E-state index contributed by atoms with van der Waals surface area (Å²) in [6, 6.07) is 9.78. The second-order valence-electron chi connectivity index (χ2n) is 5.62. The maximum absolute atomic E-state index is 13.6. The molecule has 0 spiro atoms. The van der Waals surface area contributed by atoms with Crippen LogP contribution in [0.5, 0.6) is 0 Å². The Bertz CT molecular complexity index is 1180. The van der Waals surface area contributed by atoms with E-state index < -0.39 is 3.93 Å². The summed E-state index contributed by atoms with van der Waals surface area (Å²) in [6.07, 6.45) is 3.32. The average molecular weight is 625 g/mol. The number of rotatable bonds is 4. The van der Waals surface area contributed by atoms with Gasteiger partial charge in [0.15, 0.2) is 5.82 Å². The smallest absolute Gasteiger partial charge is 0.337 e. The lowest BCUT2D eigenvalue weighted by atomic mass is 10.3. The van der Waals surface area contributed by atoms with Crippen LogP contribution in [0.15, 0.2) is 48.8 Å². The molecule has 1 N–H and O–H groups in total. The highest BCUT2D eigenvalue weighted by Gasteiger charge is 2.29. The minimum absolute atomic E-state index is 0.212. The van der Waals surface area contributed by atoms with Crippen molar-refractivity contribution < 1.29 is 8.78 Å². The van der Waals surface area contributed by atoms with Gasteiger partial charge in [-0.3, -0.25) is 0 Å².